The molecule has 0 saturated carbocycles. The Balaban J connectivity index is 1.79. The first-order valence-corrected chi connectivity index (χ1v) is 14.4. The second-order valence-electron chi connectivity index (χ2n) is 10.7. The number of anilines is 1. The van der Waals surface area contributed by atoms with Crippen LogP contribution in [0.1, 0.15) is 53.2 Å². The number of pyridine rings is 2. The van der Waals surface area contributed by atoms with Gasteiger partial charge in [0.15, 0.2) is 5.65 Å². The van der Waals surface area contributed by atoms with Gasteiger partial charge in [-0.1, -0.05) is 75.8 Å². The van der Waals surface area contributed by atoms with Crippen molar-refractivity contribution in [3.63, 3.8) is 0 Å². The average Bonchev–Trinajstić information content (AvgIpc) is 3.03. The Hall–Kier alpha value is -4.30. The van der Waals surface area contributed by atoms with Crippen LogP contribution in [0, 0.1) is 0 Å². The molecule has 1 aliphatic rings. The van der Waals surface area contributed by atoms with E-state index in [0.717, 1.165) is 28.9 Å². The number of hydrogen-bond donors (Lipinski definition) is 0. The van der Waals surface area contributed by atoms with Crippen molar-refractivity contribution in [3.05, 3.63) is 94.1 Å². The van der Waals surface area contributed by atoms with Crippen LogP contribution < -0.4 is 10.6 Å². The molecule has 0 bridgehead atoms. The monoisotopic (exact) mass is 584 g/mol. The maximum Gasteiger partial charge on any atom is 0.355 e. The zero-order chi connectivity index (χ0) is 31.7. The number of amides is 1. The van der Waals surface area contributed by atoms with Crippen molar-refractivity contribution >= 4 is 40.4 Å². The van der Waals surface area contributed by atoms with Crippen molar-refractivity contribution in [2.75, 3.05) is 24.5 Å². The molecule has 4 aromatic rings. The van der Waals surface area contributed by atoms with Crippen LogP contribution in [0.3, 0.4) is 0 Å². The lowest BCUT2D eigenvalue weighted by Crippen LogP contribution is -2.54. The Bertz CT molecular complexity index is 1850. The van der Waals surface area contributed by atoms with Crippen molar-refractivity contribution in [3.8, 4) is 16.9 Å². The van der Waals surface area contributed by atoms with Crippen LogP contribution in [0.5, 0.6) is 0 Å². The molecule has 1 fully saturated rings. The molecule has 0 N–H and O–H groups in total. The smallest absolute Gasteiger partial charge is 0.350 e. The summed E-state index contributed by atoms with van der Waals surface area (Å²) in [5.41, 5.74) is 4.44. The minimum absolute atomic E-state index is 0.0247. The predicted molar refractivity (Wildman–Crippen MR) is 171 cm³/mol. The second kappa shape index (κ2) is 11.9. The van der Waals surface area contributed by atoms with E-state index < -0.39 is 11.6 Å². The molecule has 9 heteroatoms. The fourth-order valence-corrected chi connectivity index (χ4v) is 5.88. The van der Waals surface area contributed by atoms with Gasteiger partial charge in [-0.25, -0.2) is 14.3 Å². The summed E-state index contributed by atoms with van der Waals surface area (Å²) >= 11 is 6.97. The van der Waals surface area contributed by atoms with Gasteiger partial charge in [-0.3, -0.25) is 9.78 Å². The van der Waals surface area contributed by atoms with E-state index >= 15 is 0 Å². The van der Waals surface area contributed by atoms with E-state index in [1.54, 1.807) is 21.7 Å². The maximum atomic E-state index is 14.2. The maximum absolute atomic E-state index is 14.2. The van der Waals surface area contributed by atoms with Gasteiger partial charge < -0.3 is 9.80 Å². The SMILES string of the molecule is [2H]C=C([2H])C(=O)N1CCN(c2nc(=O)n(-c3c(CC)ccnc3C(C)C)c3nc(-c4ccccc4C=C)c(Cl)cc23)[C@@H](C)C1. The first kappa shape index (κ1) is 26.6. The first-order chi connectivity index (χ1) is 21.1. The summed E-state index contributed by atoms with van der Waals surface area (Å²) < 4.78 is 16.6. The van der Waals surface area contributed by atoms with Crippen molar-refractivity contribution in [1.29, 1.82) is 0 Å². The summed E-state index contributed by atoms with van der Waals surface area (Å²) in [6.45, 7) is 13.7. The molecule has 1 aromatic carbocycles. The molecule has 42 heavy (non-hydrogen) atoms. The minimum Gasteiger partial charge on any atom is -0.350 e. The largest absolute Gasteiger partial charge is 0.355 e. The van der Waals surface area contributed by atoms with Crippen molar-refractivity contribution < 1.29 is 7.54 Å². The Kier molecular flexibility index (Phi) is 7.53. The molecular weight excluding hydrogens is 548 g/mol. The van der Waals surface area contributed by atoms with Gasteiger partial charge in [-0.2, -0.15) is 4.98 Å². The third-order valence-corrected chi connectivity index (χ3v) is 8.02. The Morgan fingerprint density at radius 2 is 2.05 bits per heavy atom. The summed E-state index contributed by atoms with van der Waals surface area (Å²) in [6.07, 6.45) is 4.19. The van der Waals surface area contributed by atoms with Crippen LogP contribution in [0.25, 0.3) is 34.1 Å². The van der Waals surface area contributed by atoms with Crippen LogP contribution in [-0.2, 0) is 11.2 Å². The second-order valence-corrected chi connectivity index (χ2v) is 11.1. The standard InChI is InChI=1S/C33H35ClN6O2/c1-7-22-12-10-11-13-24(22)29-26(34)18-25-31(39-17-16-38(19-21(39)6)27(41)9-3)37-33(42)40(32(25)36-29)30-23(8-2)14-15-35-28(30)20(4)5/h7,9-15,18,20-21H,1,3,8,16-17,19H2,2,4-6H3/t21-/m0/s1/i3D,9D. The summed E-state index contributed by atoms with van der Waals surface area (Å²) in [7, 11) is 0. The van der Waals surface area contributed by atoms with Crippen LogP contribution >= 0.6 is 11.6 Å². The van der Waals surface area contributed by atoms with Gasteiger partial charge in [-0.05, 0) is 48.6 Å². The highest BCUT2D eigenvalue weighted by Crippen LogP contribution is 2.36. The van der Waals surface area contributed by atoms with Crippen molar-refractivity contribution in [2.45, 2.75) is 46.1 Å². The minimum atomic E-state index is -0.500. The highest BCUT2D eigenvalue weighted by Gasteiger charge is 2.30. The molecule has 0 unspecified atom stereocenters. The number of fused-ring (bicyclic) bond motifs is 1. The number of hydrogen-bond acceptors (Lipinski definition) is 6. The van der Waals surface area contributed by atoms with E-state index in [2.05, 4.69) is 16.5 Å². The van der Waals surface area contributed by atoms with E-state index in [1.807, 2.05) is 69.0 Å². The van der Waals surface area contributed by atoms with E-state index in [9.17, 15) is 9.59 Å². The zero-order valence-corrected chi connectivity index (χ0v) is 25.0. The van der Waals surface area contributed by atoms with Gasteiger partial charge in [0.1, 0.15) is 5.82 Å². The number of aromatic nitrogens is 4. The number of carbonyl (C=O) groups is 1. The molecule has 0 aliphatic carbocycles. The van der Waals surface area contributed by atoms with Gasteiger partial charge in [-0.15, -0.1) is 0 Å². The highest BCUT2D eigenvalue weighted by atomic mass is 35.5. The lowest BCUT2D eigenvalue weighted by Gasteiger charge is -2.40. The summed E-state index contributed by atoms with van der Waals surface area (Å²) in [6, 6.07) is 10.8. The molecule has 3 aromatic heterocycles. The quantitative estimate of drug-likeness (QED) is 0.246. The van der Waals surface area contributed by atoms with Gasteiger partial charge >= 0.3 is 5.69 Å². The predicted octanol–water partition coefficient (Wildman–Crippen LogP) is 6.05. The topological polar surface area (TPSA) is 84.2 Å². The summed E-state index contributed by atoms with van der Waals surface area (Å²) in [4.78, 5) is 44.7. The third-order valence-electron chi connectivity index (χ3n) is 7.73. The first-order valence-electron chi connectivity index (χ1n) is 15.1. The normalized spacial score (nSPS) is 16.5. The van der Waals surface area contributed by atoms with Crippen LogP contribution in [0.4, 0.5) is 5.82 Å². The molecule has 5 rings (SSSR count). The van der Waals surface area contributed by atoms with Crippen molar-refractivity contribution in [2.24, 2.45) is 0 Å². The van der Waals surface area contributed by atoms with E-state index in [-0.39, 0.29) is 18.0 Å². The molecule has 1 amide bonds. The summed E-state index contributed by atoms with van der Waals surface area (Å²) in [5, 5.41) is 0.987. The van der Waals surface area contributed by atoms with Gasteiger partial charge in [0.25, 0.3) is 0 Å². The number of aryl methyl sites for hydroxylation is 1. The fourth-order valence-electron chi connectivity index (χ4n) is 5.63. The highest BCUT2D eigenvalue weighted by molar-refractivity contribution is 6.34. The number of piperazine rings is 1. The molecular formula is C33H35ClN6O2. The Labute approximate surface area is 253 Å². The van der Waals surface area contributed by atoms with Crippen LogP contribution in [0.15, 0.2) is 66.6 Å². The average molecular weight is 585 g/mol. The van der Waals surface area contributed by atoms with E-state index in [0.29, 0.717) is 59.3 Å². The number of rotatable bonds is 7. The lowest BCUT2D eigenvalue weighted by molar-refractivity contribution is -0.126. The van der Waals surface area contributed by atoms with Crippen LogP contribution in [-0.4, -0.2) is 56.0 Å². The molecule has 1 aliphatic heterocycles. The zero-order valence-electron chi connectivity index (χ0n) is 26.3. The molecule has 1 atom stereocenters. The molecule has 0 radical (unpaired) electrons. The van der Waals surface area contributed by atoms with Crippen molar-refractivity contribution in [1.82, 2.24) is 24.4 Å². The number of benzene rings is 1. The van der Waals surface area contributed by atoms with Gasteiger partial charge in [0.2, 0.25) is 5.91 Å². The molecule has 216 valence electrons. The Morgan fingerprint density at radius 1 is 1.26 bits per heavy atom. The Morgan fingerprint density at radius 3 is 2.74 bits per heavy atom. The van der Waals surface area contributed by atoms with Crippen LogP contribution in [0.2, 0.25) is 5.02 Å². The molecule has 1 saturated heterocycles. The fraction of sp³-hybridized carbons (Fsp3) is 0.303. The van der Waals surface area contributed by atoms with E-state index in [4.69, 9.17) is 19.3 Å². The summed E-state index contributed by atoms with van der Waals surface area (Å²) in [5.74, 6) is -0.0504. The van der Waals surface area contributed by atoms with Gasteiger partial charge in [0.05, 0.1) is 30.2 Å². The lowest BCUT2D eigenvalue weighted by atomic mass is 10.0. The molecule has 8 nitrogen and oxygen atoms in total. The van der Waals surface area contributed by atoms with Gasteiger partial charge in [0, 0.05) is 37.4 Å². The number of halogens is 1. The van der Waals surface area contributed by atoms with E-state index in [1.165, 1.54) is 0 Å². The number of nitrogens with zero attached hydrogens (tertiary/aromatic N) is 6. The molecule has 4 heterocycles. The third kappa shape index (κ3) is 5.11. The number of carbonyl (C=O) groups excluding carboxylic acids is 1. The molecule has 0 spiro atoms.